The van der Waals surface area contributed by atoms with E-state index in [0.29, 0.717) is 6.61 Å². The molecule has 2 heteroatoms. The fourth-order valence-corrected chi connectivity index (χ4v) is 3.03. The van der Waals surface area contributed by atoms with E-state index in [2.05, 4.69) is 54.6 Å². The van der Waals surface area contributed by atoms with E-state index in [1.165, 1.54) is 10.8 Å². The van der Waals surface area contributed by atoms with Crippen molar-refractivity contribution < 1.29 is 9.47 Å². The third kappa shape index (κ3) is 2.31. The van der Waals surface area contributed by atoms with Crippen LogP contribution in [0.25, 0.3) is 10.8 Å². The predicted molar refractivity (Wildman–Crippen MR) is 87.5 cm³/mol. The van der Waals surface area contributed by atoms with Gasteiger partial charge in [-0.05, 0) is 29.3 Å². The molecule has 4 rings (SSSR count). The molecule has 1 fully saturated rings. The summed E-state index contributed by atoms with van der Waals surface area (Å²) < 4.78 is 12.3. The van der Waals surface area contributed by atoms with Crippen LogP contribution in [-0.2, 0) is 15.3 Å². The average molecular weight is 290 g/mol. The first-order valence-electron chi connectivity index (χ1n) is 7.61. The normalized spacial score (nSPS) is 24.7. The standard InChI is InChI=1S/C20H18O2/c1-20(18-12-11-15-7-5-6-10-17(15)13-18)21-14-19(22-20)16-8-3-2-4-9-16/h2-13,19H,14H2,1H3/t19-,20-/m1/s1. The lowest BCUT2D eigenvalue weighted by Gasteiger charge is -2.24. The Morgan fingerprint density at radius 3 is 2.41 bits per heavy atom. The molecule has 2 nitrogen and oxygen atoms in total. The zero-order valence-electron chi connectivity index (χ0n) is 12.5. The first-order chi connectivity index (χ1) is 10.7. The molecular formula is C20H18O2. The molecular weight excluding hydrogens is 272 g/mol. The minimum Gasteiger partial charge on any atom is -0.343 e. The van der Waals surface area contributed by atoms with Crippen LogP contribution in [0.3, 0.4) is 0 Å². The smallest absolute Gasteiger partial charge is 0.192 e. The SMILES string of the molecule is C[C@@]1(c2ccc3ccccc3c2)OC[C@H](c2ccccc2)O1. The third-order valence-electron chi connectivity index (χ3n) is 4.32. The maximum atomic E-state index is 6.25. The van der Waals surface area contributed by atoms with Gasteiger partial charge >= 0.3 is 0 Å². The van der Waals surface area contributed by atoms with Crippen LogP contribution < -0.4 is 0 Å². The number of hydrogen-bond donors (Lipinski definition) is 0. The van der Waals surface area contributed by atoms with Crippen molar-refractivity contribution in [2.75, 3.05) is 6.61 Å². The van der Waals surface area contributed by atoms with Crippen LogP contribution in [0.5, 0.6) is 0 Å². The second kappa shape index (κ2) is 5.24. The molecule has 0 bridgehead atoms. The quantitative estimate of drug-likeness (QED) is 0.675. The number of ether oxygens (including phenoxy) is 2. The maximum absolute atomic E-state index is 6.25. The molecule has 0 spiro atoms. The molecule has 1 aliphatic rings. The van der Waals surface area contributed by atoms with Gasteiger partial charge < -0.3 is 9.47 Å². The van der Waals surface area contributed by atoms with E-state index in [1.54, 1.807) is 0 Å². The van der Waals surface area contributed by atoms with Gasteiger partial charge in [-0.2, -0.15) is 0 Å². The van der Waals surface area contributed by atoms with Gasteiger partial charge in [0.05, 0.1) is 6.61 Å². The molecule has 0 unspecified atom stereocenters. The molecule has 1 heterocycles. The van der Waals surface area contributed by atoms with Crippen LogP contribution in [0, 0.1) is 0 Å². The van der Waals surface area contributed by atoms with E-state index in [1.807, 2.05) is 25.1 Å². The van der Waals surface area contributed by atoms with Gasteiger partial charge in [-0.3, -0.25) is 0 Å². The Morgan fingerprint density at radius 2 is 1.59 bits per heavy atom. The number of rotatable bonds is 2. The molecule has 0 N–H and O–H groups in total. The zero-order chi connectivity index (χ0) is 15.0. The van der Waals surface area contributed by atoms with Crippen molar-refractivity contribution >= 4 is 10.8 Å². The number of benzene rings is 3. The Bertz CT molecular complexity index is 797. The molecule has 0 aliphatic carbocycles. The van der Waals surface area contributed by atoms with Gasteiger partial charge in [0.15, 0.2) is 5.79 Å². The molecule has 0 saturated carbocycles. The summed E-state index contributed by atoms with van der Waals surface area (Å²) in [5.74, 6) is -0.690. The fourth-order valence-electron chi connectivity index (χ4n) is 3.03. The van der Waals surface area contributed by atoms with Crippen molar-refractivity contribution in [2.45, 2.75) is 18.8 Å². The van der Waals surface area contributed by atoms with Crippen LogP contribution in [0.1, 0.15) is 24.2 Å². The van der Waals surface area contributed by atoms with Crippen molar-refractivity contribution in [3.63, 3.8) is 0 Å². The highest BCUT2D eigenvalue weighted by Gasteiger charge is 2.39. The van der Waals surface area contributed by atoms with E-state index < -0.39 is 5.79 Å². The third-order valence-corrected chi connectivity index (χ3v) is 4.32. The highest BCUT2D eigenvalue weighted by atomic mass is 16.7. The fraction of sp³-hybridized carbons (Fsp3) is 0.200. The lowest BCUT2D eigenvalue weighted by atomic mass is 10.0. The molecule has 0 radical (unpaired) electrons. The van der Waals surface area contributed by atoms with Gasteiger partial charge in [0.25, 0.3) is 0 Å². The molecule has 0 aromatic heterocycles. The van der Waals surface area contributed by atoms with Gasteiger partial charge in [0, 0.05) is 5.56 Å². The summed E-state index contributed by atoms with van der Waals surface area (Å²) in [6.45, 7) is 2.58. The van der Waals surface area contributed by atoms with Crippen LogP contribution in [0.15, 0.2) is 72.8 Å². The Hall–Kier alpha value is -2.16. The van der Waals surface area contributed by atoms with Gasteiger partial charge in [0.2, 0.25) is 0 Å². The van der Waals surface area contributed by atoms with Crippen molar-refractivity contribution in [2.24, 2.45) is 0 Å². The molecule has 22 heavy (non-hydrogen) atoms. The van der Waals surface area contributed by atoms with Crippen LogP contribution >= 0.6 is 0 Å². The predicted octanol–water partition coefficient (Wildman–Crippen LogP) is 4.80. The molecule has 0 amide bonds. The van der Waals surface area contributed by atoms with Gasteiger partial charge in [-0.1, -0.05) is 66.7 Å². The monoisotopic (exact) mass is 290 g/mol. The Kier molecular flexibility index (Phi) is 3.21. The zero-order valence-corrected chi connectivity index (χ0v) is 12.5. The first-order valence-corrected chi connectivity index (χ1v) is 7.61. The first kappa shape index (κ1) is 13.5. The van der Waals surface area contributed by atoms with E-state index in [0.717, 1.165) is 11.1 Å². The van der Waals surface area contributed by atoms with Crippen LogP contribution in [-0.4, -0.2) is 6.61 Å². The number of hydrogen-bond acceptors (Lipinski definition) is 2. The van der Waals surface area contributed by atoms with Crippen LogP contribution in [0.2, 0.25) is 0 Å². The second-order valence-electron chi connectivity index (χ2n) is 5.84. The Balaban J connectivity index is 1.66. The molecule has 1 saturated heterocycles. The van der Waals surface area contributed by atoms with Crippen LogP contribution in [0.4, 0.5) is 0 Å². The van der Waals surface area contributed by atoms with Crippen molar-refractivity contribution in [1.29, 1.82) is 0 Å². The lowest BCUT2D eigenvalue weighted by Crippen LogP contribution is -2.22. The van der Waals surface area contributed by atoms with E-state index in [9.17, 15) is 0 Å². The summed E-state index contributed by atoms with van der Waals surface area (Å²) in [6, 6.07) is 25.0. The van der Waals surface area contributed by atoms with E-state index >= 15 is 0 Å². The van der Waals surface area contributed by atoms with Crippen molar-refractivity contribution in [3.8, 4) is 0 Å². The summed E-state index contributed by atoms with van der Waals surface area (Å²) in [6.07, 6.45) is -0.0160. The van der Waals surface area contributed by atoms with Gasteiger partial charge in [0.1, 0.15) is 6.10 Å². The largest absolute Gasteiger partial charge is 0.343 e. The molecule has 1 aliphatic heterocycles. The summed E-state index contributed by atoms with van der Waals surface area (Å²) in [7, 11) is 0. The Morgan fingerprint density at radius 1 is 0.864 bits per heavy atom. The van der Waals surface area contributed by atoms with Crippen molar-refractivity contribution in [3.05, 3.63) is 83.9 Å². The average Bonchev–Trinajstić information content (AvgIpc) is 2.99. The topological polar surface area (TPSA) is 18.5 Å². The van der Waals surface area contributed by atoms with E-state index in [-0.39, 0.29) is 6.10 Å². The highest BCUT2D eigenvalue weighted by Crippen LogP contribution is 2.40. The van der Waals surface area contributed by atoms with Gasteiger partial charge in [-0.15, -0.1) is 0 Å². The summed E-state index contributed by atoms with van der Waals surface area (Å²) >= 11 is 0. The molecule has 110 valence electrons. The Labute approximate surface area is 130 Å². The lowest BCUT2D eigenvalue weighted by molar-refractivity contribution is -0.162. The maximum Gasteiger partial charge on any atom is 0.192 e. The summed E-state index contributed by atoms with van der Waals surface area (Å²) in [4.78, 5) is 0. The number of fused-ring (bicyclic) bond motifs is 1. The van der Waals surface area contributed by atoms with Crippen molar-refractivity contribution in [1.82, 2.24) is 0 Å². The summed E-state index contributed by atoms with van der Waals surface area (Å²) in [5, 5.41) is 2.43. The van der Waals surface area contributed by atoms with E-state index in [4.69, 9.17) is 9.47 Å². The summed E-state index contributed by atoms with van der Waals surface area (Å²) in [5.41, 5.74) is 2.22. The molecule has 3 aromatic rings. The second-order valence-corrected chi connectivity index (χ2v) is 5.84. The van der Waals surface area contributed by atoms with Gasteiger partial charge in [-0.25, -0.2) is 0 Å². The minimum atomic E-state index is -0.690. The highest BCUT2D eigenvalue weighted by molar-refractivity contribution is 5.83. The minimum absolute atomic E-state index is 0.0160. The molecule has 3 aromatic carbocycles. The molecule has 2 atom stereocenters.